The average Bonchev–Trinajstić information content (AvgIpc) is 2.94. The lowest BCUT2D eigenvalue weighted by molar-refractivity contribution is 0.108. The van der Waals surface area contributed by atoms with Crippen LogP contribution in [0.1, 0.15) is 33.1 Å². The number of ether oxygens (including phenoxy) is 2. The van der Waals surface area contributed by atoms with Crippen LogP contribution in [-0.2, 0) is 9.47 Å². The molecular formula is C16H34IN3O3. The summed E-state index contributed by atoms with van der Waals surface area (Å²) < 4.78 is 11.1. The lowest BCUT2D eigenvalue weighted by Gasteiger charge is -2.27. The Labute approximate surface area is 157 Å². The van der Waals surface area contributed by atoms with Gasteiger partial charge in [0.25, 0.3) is 0 Å². The number of hydrogen-bond acceptors (Lipinski definition) is 4. The smallest absolute Gasteiger partial charge is 0.190 e. The van der Waals surface area contributed by atoms with E-state index in [9.17, 15) is 5.11 Å². The molecule has 1 atom stereocenters. The molecule has 1 rings (SSSR count). The van der Waals surface area contributed by atoms with E-state index in [1.54, 1.807) is 7.05 Å². The van der Waals surface area contributed by atoms with Crippen LogP contribution in [0, 0.1) is 11.3 Å². The Kier molecular flexibility index (Phi) is 13.1. The maximum absolute atomic E-state index is 9.23. The Balaban J connectivity index is 0.00000484. The van der Waals surface area contributed by atoms with Gasteiger partial charge in [-0.15, -0.1) is 24.0 Å². The molecule has 7 heteroatoms. The van der Waals surface area contributed by atoms with E-state index in [2.05, 4.69) is 29.5 Å². The predicted molar refractivity (Wildman–Crippen MR) is 105 cm³/mol. The van der Waals surface area contributed by atoms with Gasteiger partial charge in [-0.05, 0) is 25.2 Å². The molecule has 1 aliphatic rings. The van der Waals surface area contributed by atoms with Crippen molar-refractivity contribution in [3.8, 4) is 0 Å². The fraction of sp³-hybridized carbons (Fsp3) is 0.938. The van der Waals surface area contributed by atoms with E-state index in [-0.39, 0.29) is 36.0 Å². The molecule has 0 spiro atoms. The number of nitrogens with zero attached hydrogens (tertiary/aromatic N) is 1. The molecule has 1 heterocycles. The first-order chi connectivity index (χ1) is 10.6. The van der Waals surface area contributed by atoms with E-state index >= 15 is 0 Å². The van der Waals surface area contributed by atoms with Gasteiger partial charge in [0.15, 0.2) is 5.96 Å². The van der Waals surface area contributed by atoms with Crippen LogP contribution in [0.25, 0.3) is 0 Å². The third-order valence-corrected chi connectivity index (χ3v) is 3.89. The summed E-state index contributed by atoms with van der Waals surface area (Å²) in [6.07, 6.45) is 2.71. The molecule has 0 bridgehead atoms. The van der Waals surface area contributed by atoms with Crippen molar-refractivity contribution in [2.24, 2.45) is 16.3 Å². The first-order valence-electron chi connectivity index (χ1n) is 8.33. The summed E-state index contributed by atoms with van der Waals surface area (Å²) in [5.74, 6) is 1.38. The van der Waals surface area contributed by atoms with Gasteiger partial charge in [-0.2, -0.15) is 0 Å². The van der Waals surface area contributed by atoms with Crippen molar-refractivity contribution in [1.82, 2.24) is 10.6 Å². The number of aliphatic hydroxyl groups is 1. The van der Waals surface area contributed by atoms with Crippen LogP contribution in [0.5, 0.6) is 0 Å². The number of hydrogen-bond donors (Lipinski definition) is 3. The average molecular weight is 443 g/mol. The van der Waals surface area contributed by atoms with E-state index in [0.717, 1.165) is 58.1 Å². The fourth-order valence-corrected chi connectivity index (χ4v) is 2.50. The van der Waals surface area contributed by atoms with Crippen LogP contribution >= 0.6 is 24.0 Å². The van der Waals surface area contributed by atoms with Gasteiger partial charge >= 0.3 is 0 Å². The highest BCUT2D eigenvalue weighted by Crippen LogP contribution is 2.31. The molecule has 1 aliphatic heterocycles. The van der Waals surface area contributed by atoms with Gasteiger partial charge in [-0.25, -0.2) is 0 Å². The monoisotopic (exact) mass is 443 g/mol. The summed E-state index contributed by atoms with van der Waals surface area (Å²) in [4.78, 5) is 4.24. The molecule has 0 aromatic heterocycles. The van der Waals surface area contributed by atoms with Crippen molar-refractivity contribution >= 4 is 29.9 Å². The van der Waals surface area contributed by atoms with Crippen molar-refractivity contribution in [3.05, 3.63) is 0 Å². The molecule has 0 aromatic carbocycles. The minimum Gasteiger partial charge on any atom is -0.396 e. The molecule has 0 amide bonds. The number of rotatable bonds is 10. The molecule has 138 valence electrons. The van der Waals surface area contributed by atoms with Crippen LogP contribution in [0.2, 0.25) is 0 Å². The van der Waals surface area contributed by atoms with Gasteiger partial charge in [0.1, 0.15) is 0 Å². The van der Waals surface area contributed by atoms with Crippen LogP contribution in [0.3, 0.4) is 0 Å². The van der Waals surface area contributed by atoms with Crippen molar-refractivity contribution < 1.29 is 14.6 Å². The topological polar surface area (TPSA) is 75.1 Å². The van der Waals surface area contributed by atoms with E-state index in [4.69, 9.17) is 9.47 Å². The number of aliphatic imine (C=N–C) groups is 1. The number of nitrogens with one attached hydrogen (secondary N) is 2. The van der Waals surface area contributed by atoms with Crippen molar-refractivity contribution in [1.29, 1.82) is 0 Å². The Morgan fingerprint density at radius 3 is 2.74 bits per heavy atom. The lowest BCUT2D eigenvalue weighted by Crippen LogP contribution is -2.44. The molecule has 0 radical (unpaired) electrons. The zero-order valence-corrected chi connectivity index (χ0v) is 17.1. The maximum atomic E-state index is 9.23. The third kappa shape index (κ3) is 9.69. The standard InChI is InChI=1S/C16H33N3O3.HI/c1-14(2)11-21-9-4-7-18-15(17-3)19-12-16(5-8-20)6-10-22-13-16;/h14,20H,4-13H2,1-3H3,(H2,17,18,19);1H. The van der Waals surface area contributed by atoms with Gasteiger partial charge in [-0.3, -0.25) is 4.99 Å². The van der Waals surface area contributed by atoms with Crippen LogP contribution < -0.4 is 10.6 Å². The SMILES string of the molecule is CN=C(NCCCOCC(C)C)NCC1(CCO)CCOC1.I. The summed E-state index contributed by atoms with van der Waals surface area (Å²) in [6.45, 7) is 9.18. The van der Waals surface area contributed by atoms with Gasteiger partial charge in [-0.1, -0.05) is 13.8 Å². The molecule has 0 aromatic rings. The second kappa shape index (κ2) is 13.2. The summed E-state index contributed by atoms with van der Waals surface area (Å²) in [7, 11) is 1.77. The molecule has 3 N–H and O–H groups in total. The van der Waals surface area contributed by atoms with Gasteiger partial charge in [0.2, 0.25) is 0 Å². The Morgan fingerprint density at radius 1 is 1.39 bits per heavy atom. The Hall–Kier alpha value is -0.120. The second-order valence-corrected chi connectivity index (χ2v) is 6.45. The van der Waals surface area contributed by atoms with Crippen LogP contribution in [-0.4, -0.2) is 64.2 Å². The molecule has 0 aliphatic carbocycles. The molecule has 1 saturated heterocycles. The maximum Gasteiger partial charge on any atom is 0.190 e. The molecular weight excluding hydrogens is 409 g/mol. The van der Waals surface area contributed by atoms with E-state index < -0.39 is 0 Å². The Bertz CT molecular complexity index is 322. The summed E-state index contributed by atoms with van der Waals surface area (Å²) >= 11 is 0. The van der Waals surface area contributed by atoms with Crippen LogP contribution in [0.15, 0.2) is 4.99 Å². The quantitative estimate of drug-likeness (QED) is 0.207. The minimum absolute atomic E-state index is 0. The minimum atomic E-state index is 0. The first-order valence-corrected chi connectivity index (χ1v) is 8.33. The zero-order chi connectivity index (χ0) is 16.3. The van der Waals surface area contributed by atoms with Crippen molar-refractivity contribution in [3.63, 3.8) is 0 Å². The van der Waals surface area contributed by atoms with Gasteiger partial charge < -0.3 is 25.2 Å². The van der Waals surface area contributed by atoms with Crippen molar-refractivity contribution in [2.45, 2.75) is 33.1 Å². The number of aliphatic hydroxyl groups excluding tert-OH is 1. The first kappa shape index (κ1) is 22.9. The molecule has 23 heavy (non-hydrogen) atoms. The highest BCUT2D eigenvalue weighted by molar-refractivity contribution is 14.0. The van der Waals surface area contributed by atoms with Gasteiger partial charge in [0.05, 0.1) is 6.61 Å². The van der Waals surface area contributed by atoms with Crippen molar-refractivity contribution in [2.75, 3.05) is 53.2 Å². The van der Waals surface area contributed by atoms with E-state index in [1.807, 2.05) is 0 Å². The predicted octanol–water partition coefficient (Wildman–Crippen LogP) is 1.62. The van der Waals surface area contributed by atoms with Crippen LogP contribution in [0.4, 0.5) is 0 Å². The second-order valence-electron chi connectivity index (χ2n) is 6.45. The number of halogens is 1. The summed E-state index contributed by atoms with van der Waals surface area (Å²) in [5, 5.41) is 15.9. The third-order valence-electron chi connectivity index (χ3n) is 3.89. The zero-order valence-electron chi connectivity index (χ0n) is 14.8. The Morgan fingerprint density at radius 2 is 2.17 bits per heavy atom. The molecule has 6 nitrogen and oxygen atoms in total. The fourth-order valence-electron chi connectivity index (χ4n) is 2.50. The molecule has 1 fully saturated rings. The normalized spacial score (nSPS) is 21.3. The summed E-state index contributed by atoms with van der Waals surface area (Å²) in [6, 6.07) is 0. The summed E-state index contributed by atoms with van der Waals surface area (Å²) in [5.41, 5.74) is 0.0345. The van der Waals surface area contributed by atoms with E-state index in [0.29, 0.717) is 12.5 Å². The van der Waals surface area contributed by atoms with E-state index in [1.165, 1.54) is 0 Å². The largest absolute Gasteiger partial charge is 0.396 e. The highest BCUT2D eigenvalue weighted by atomic mass is 127. The lowest BCUT2D eigenvalue weighted by atomic mass is 9.84. The highest BCUT2D eigenvalue weighted by Gasteiger charge is 2.34. The molecule has 1 unspecified atom stereocenters. The number of guanidine groups is 1. The van der Waals surface area contributed by atoms with Gasteiger partial charge in [0, 0.05) is 52.0 Å². The molecule has 0 saturated carbocycles.